The molecule has 0 saturated heterocycles. The number of nitrogens with zero attached hydrogens (tertiary/aromatic N) is 1. The Morgan fingerprint density at radius 3 is 2.50 bits per heavy atom. The molecule has 0 radical (unpaired) electrons. The van der Waals surface area contributed by atoms with Gasteiger partial charge in [0, 0.05) is 6.04 Å². The van der Waals surface area contributed by atoms with Crippen molar-refractivity contribution in [1.82, 2.24) is 4.90 Å². The second-order valence-electron chi connectivity index (χ2n) is 6.55. The van der Waals surface area contributed by atoms with Gasteiger partial charge in [0.15, 0.2) is 0 Å². The fourth-order valence-electron chi connectivity index (χ4n) is 2.15. The number of hydrogen-bond acceptors (Lipinski definition) is 3. The summed E-state index contributed by atoms with van der Waals surface area (Å²) in [6.45, 7) is 5.72. The lowest BCUT2D eigenvalue weighted by atomic mass is 10.1. The van der Waals surface area contributed by atoms with Gasteiger partial charge in [-0.25, -0.2) is 4.79 Å². The molecule has 1 aliphatic carbocycles. The topological polar surface area (TPSA) is 49.8 Å². The average molecular weight is 346 g/mol. The van der Waals surface area contributed by atoms with Crippen LogP contribution in [0.2, 0.25) is 10.0 Å². The highest BCUT2D eigenvalue weighted by atomic mass is 35.5. The van der Waals surface area contributed by atoms with E-state index in [1.165, 1.54) is 0 Å². The molecule has 1 aromatic rings. The number of hydrogen-bond donors (Lipinski definition) is 1. The van der Waals surface area contributed by atoms with Gasteiger partial charge in [0.2, 0.25) is 0 Å². The summed E-state index contributed by atoms with van der Waals surface area (Å²) in [5.41, 5.74) is 0.846. The minimum Gasteiger partial charge on any atom is -0.444 e. The molecule has 0 aliphatic heterocycles. The van der Waals surface area contributed by atoms with E-state index in [1.807, 2.05) is 20.8 Å². The van der Waals surface area contributed by atoms with Gasteiger partial charge in [0.05, 0.1) is 23.2 Å². The summed E-state index contributed by atoms with van der Waals surface area (Å²) in [6, 6.07) is 3.58. The van der Waals surface area contributed by atoms with E-state index in [9.17, 15) is 9.90 Å². The van der Waals surface area contributed by atoms with Crippen LogP contribution in [0.5, 0.6) is 0 Å². The fourth-order valence-corrected chi connectivity index (χ4v) is 2.58. The number of halogens is 2. The molecule has 6 heteroatoms. The zero-order valence-electron chi connectivity index (χ0n) is 13.0. The van der Waals surface area contributed by atoms with Gasteiger partial charge in [0.1, 0.15) is 5.60 Å². The number of ether oxygens (including phenoxy) is 1. The van der Waals surface area contributed by atoms with E-state index in [0.29, 0.717) is 22.2 Å². The first-order valence-electron chi connectivity index (χ1n) is 7.28. The Balaban J connectivity index is 2.22. The van der Waals surface area contributed by atoms with E-state index in [1.54, 1.807) is 17.0 Å². The largest absolute Gasteiger partial charge is 0.444 e. The van der Waals surface area contributed by atoms with Gasteiger partial charge < -0.3 is 14.7 Å². The molecule has 0 heterocycles. The van der Waals surface area contributed by atoms with Crippen LogP contribution in [0.1, 0.15) is 44.7 Å². The van der Waals surface area contributed by atoms with Gasteiger partial charge in [-0.1, -0.05) is 29.3 Å². The lowest BCUT2D eigenvalue weighted by molar-refractivity contribution is 0.0217. The van der Waals surface area contributed by atoms with Crippen LogP contribution >= 0.6 is 23.2 Å². The molecule has 4 nitrogen and oxygen atoms in total. The maximum absolute atomic E-state index is 12.4. The number of aliphatic hydroxyl groups is 1. The van der Waals surface area contributed by atoms with Crippen LogP contribution in [0, 0.1) is 0 Å². The van der Waals surface area contributed by atoms with Gasteiger partial charge in [-0.2, -0.15) is 0 Å². The monoisotopic (exact) mass is 345 g/mol. The van der Waals surface area contributed by atoms with E-state index < -0.39 is 5.60 Å². The molecule has 1 amide bonds. The minimum atomic E-state index is -0.543. The van der Waals surface area contributed by atoms with Gasteiger partial charge in [-0.05, 0) is 50.8 Å². The molecule has 2 rings (SSSR count). The summed E-state index contributed by atoms with van der Waals surface area (Å²) in [7, 11) is 0. The maximum Gasteiger partial charge on any atom is 0.410 e. The van der Waals surface area contributed by atoms with Crippen LogP contribution in [0.3, 0.4) is 0 Å². The molecule has 1 N–H and O–H groups in total. The molecule has 1 saturated carbocycles. The Morgan fingerprint density at radius 2 is 2.00 bits per heavy atom. The van der Waals surface area contributed by atoms with Gasteiger partial charge >= 0.3 is 6.09 Å². The van der Waals surface area contributed by atoms with Crippen molar-refractivity contribution in [3.8, 4) is 0 Å². The predicted octanol–water partition coefficient (Wildman–Crippen LogP) is 4.39. The normalized spacial score (nSPS) is 14.8. The summed E-state index contributed by atoms with van der Waals surface area (Å²) in [5.74, 6) is 0. The van der Waals surface area contributed by atoms with Crippen LogP contribution in [-0.4, -0.2) is 27.7 Å². The summed E-state index contributed by atoms with van der Waals surface area (Å²) in [4.78, 5) is 14.1. The zero-order chi connectivity index (χ0) is 16.5. The van der Waals surface area contributed by atoms with E-state index in [0.717, 1.165) is 18.4 Å². The van der Waals surface area contributed by atoms with Crippen molar-refractivity contribution < 1.29 is 14.6 Å². The smallest absolute Gasteiger partial charge is 0.410 e. The van der Waals surface area contributed by atoms with E-state index in [2.05, 4.69) is 0 Å². The van der Waals surface area contributed by atoms with E-state index in [-0.39, 0.29) is 18.7 Å². The highest BCUT2D eigenvalue weighted by molar-refractivity contribution is 6.42. The molecule has 0 unspecified atom stereocenters. The average Bonchev–Trinajstić information content (AvgIpc) is 3.22. The van der Waals surface area contributed by atoms with Crippen LogP contribution < -0.4 is 0 Å². The van der Waals surface area contributed by atoms with Crippen molar-refractivity contribution in [3.05, 3.63) is 33.3 Å². The van der Waals surface area contributed by atoms with Crippen molar-refractivity contribution in [3.63, 3.8) is 0 Å². The van der Waals surface area contributed by atoms with Gasteiger partial charge in [-0.3, -0.25) is 0 Å². The Labute approximate surface area is 141 Å². The summed E-state index contributed by atoms with van der Waals surface area (Å²) in [5, 5.41) is 10.1. The molecule has 0 aromatic heterocycles. The summed E-state index contributed by atoms with van der Waals surface area (Å²) < 4.78 is 5.46. The van der Waals surface area contributed by atoms with Crippen molar-refractivity contribution >= 4 is 29.3 Å². The molecule has 22 heavy (non-hydrogen) atoms. The first-order valence-corrected chi connectivity index (χ1v) is 8.04. The molecule has 122 valence electrons. The third-order valence-corrected chi connectivity index (χ3v) is 4.14. The first-order chi connectivity index (χ1) is 10.2. The predicted molar refractivity (Wildman–Crippen MR) is 87.2 cm³/mol. The van der Waals surface area contributed by atoms with Crippen LogP contribution in [0.15, 0.2) is 12.1 Å². The highest BCUT2D eigenvalue weighted by Gasteiger charge is 2.35. The Morgan fingerprint density at radius 1 is 1.36 bits per heavy atom. The highest BCUT2D eigenvalue weighted by Crippen LogP contribution is 2.34. The molecule has 1 aliphatic rings. The number of carbonyl (C=O) groups excluding carboxylic acids is 1. The lowest BCUT2D eigenvalue weighted by Gasteiger charge is -2.28. The Bertz CT molecular complexity index is 565. The van der Waals surface area contributed by atoms with Crippen LogP contribution in [-0.2, 0) is 17.9 Å². The first kappa shape index (κ1) is 17.4. The quantitative estimate of drug-likeness (QED) is 0.880. The number of amides is 1. The van der Waals surface area contributed by atoms with Crippen molar-refractivity contribution in [2.75, 3.05) is 0 Å². The third kappa shape index (κ3) is 4.51. The van der Waals surface area contributed by atoms with Gasteiger partial charge in [-0.15, -0.1) is 0 Å². The van der Waals surface area contributed by atoms with Crippen LogP contribution in [0.25, 0.3) is 0 Å². The molecular weight excluding hydrogens is 325 g/mol. The number of rotatable bonds is 4. The van der Waals surface area contributed by atoms with Crippen molar-refractivity contribution in [1.29, 1.82) is 0 Å². The number of carbonyl (C=O) groups is 1. The number of benzene rings is 1. The molecule has 0 atom stereocenters. The fraction of sp³-hybridized carbons (Fsp3) is 0.562. The molecule has 0 spiro atoms. The Kier molecular flexibility index (Phi) is 5.25. The van der Waals surface area contributed by atoms with Crippen molar-refractivity contribution in [2.24, 2.45) is 0 Å². The van der Waals surface area contributed by atoms with E-state index in [4.69, 9.17) is 27.9 Å². The molecule has 1 aromatic carbocycles. The lowest BCUT2D eigenvalue weighted by Crippen LogP contribution is -2.37. The SMILES string of the molecule is CC(C)(C)OC(=O)N(Cc1cc(CO)cc(Cl)c1Cl)C1CC1. The molecular formula is C16H21Cl2NO3. The minimum absolute atomic E-state index is 0.125. The summed E-state index contributed by atoms with van der Waals surface area (Å²) >= 11 is 12.3. The van der Waals surface area contributed by atoms with Crippen LogP contribution in [0.4, 0.5) is 4.79 Å². The second-order valence-corrected chi connectivity index (χ2v) is 7.33. The maximum atomic E-state index is 12.4. The van der Waals surface area contributed by atoms with Crippen molar-refractivity contribution in [2.45, 2.75) is 58.4 Å². The standard InChI is InChI=1S/C16H21Cl2NO3/c1-16(2,3)22-15(21)19(12-4-5-12)8-11-6-10(9-20)7-13(17)14(11)18/h6-7,12,20H,4-5,8-9H2,1-3H3. The number of aliphatic hydroxyl groups excluding tert-OH is 1. The summed E-state index contributed by atoms with van der Waals surface area (Å²) in [6.07, 6.45) is 1.57. The Hall–Kier alpha value is -0.970. The molecule has 0 bridgehead atoms. The third-order valence-electron chi connectivity index (χ3n) is 3.30. The second kappa shape index (κ2) is 6.65. The van der Waals surface area contributed by atoms with Gasteiger partial charge in [0.25, 0.3) is 0 Å². The van der Waals surface area contributed by atoms with E-state index >= 15 is 0 Å². The molecule has 1 fully saturated rings. The zero-order valence-corrected chi connectivity index (χ0v) is 14.5.